The summed E-state index contributed by atoms with van der Waals surface area (Å²) in [7, 11) is 7.22. The van der Waals surface area contributed by atoms with Gasteiger partial charge in [0.05, 0.1) is 20.3 Å². The van der Waals surface area contributed by atoms with Crippen LogP contribution in [0.2, 0.25) is 0 Å². The normalized spacial score (nSPS) is 13.3. The van der Waals surface area contributed by atoms with Gasteiger partial charge in [-0.05, 0) is 53.9 Å². The molecule has 0 saturated carbocycles. The number of hydrogen-bond donors (Lipinski definition) is 1. The van der Waals surface area contributed by atoms with Crippen LogP contribution in [0, 0.1) is 0 Å². The van der Waals surface area contributed by atoms with E-state index in [1.807, 2.05) is 14.1 Å². The van der Waals surface area contributed by atoms with Crippen LogP contribution >= 0.6 is 0 Å². The largest absolute Gasteiger partial charge is 0.493 e. The average Bonchev–Trinajstić information content (AvgIpc) is 3.28. The van der Waals surface area contributed by atoms with Crippen molar-refractivity contribution < 1.29 is 14.3 Å². The second-order valence-corrected chi connectivity index (χ2v) is 8.35. The molecule has 0 unspecified atom stereocenters. The number of carbonyl (C=O) groups is 1. The highest BCUT2D eigenvalue weighted by Crippen LogP contribution is 2.35. The molecule has 0 radical (unpaired) electrons. The number of rotatable bonds is 8. The molecule has 1 aliphatic rings. The second kappa shape index (κ2) is 9.86. The van der Waals surface area contributed by atoms with E-state index >= 15 is 0 Å². The molecule has 4 rings (SSSR count). The zero-order valence-electron chi connectivity index (χ0n) is 19.7. The van der Waals surface area contributed by atoms with Crippen LogP contribution < -0.4 is 24.6 Å². The molecule has 0 fully saturated rings. The van der Waals surface area contributed by atoms with Gasteiger partial charge in [-0.25, -0.2) is 0 Å². The summed E-state index contributed by atoms with van der Waals surface area (Å²) in [5.41, 5.74) is 5.44. The summed E-state index contributed by atoms with van der Waals surface area (Å²) in [4.78, 5) is 17.5. The van der Waals surface area contributed by atoms with Gasteiger partial charge in [-0.15, -0.1) is 0 Å². The number of nitrogens with one attached hydrogen (secondary N) is 1. The van der Waals surface area contributed by atoms with E-state index in [-0.39, 0.29) is 11.9 Å². The Hall–Kier alpha value is -3.67. The van der Waals surface area contributed by atoms with Crippen LogP contribution in [0.25, 0.3) is 0 Å². The average molecular weight is 446 g/mol. The summed E-state index contributed by atoms with van der Waals surface area (Å²) >= 11 is 0. The van der Waals surface area contributed by atoms with Crippen molar-refractivity contribution in [1.82, 2.24) is 5.32 Å². The van der Waals surface area contributed by atoms with Gasteiger partial charge in [0.2, 0.25) is 0 Å². The minimum atomic E-state index is -0.140. The number of nitrogens with zero attached hydrogens (tertiary/aromatic N) is 2. The van der Waals surface area contributed by atoms with E-state index in [2.05, 4.69) is 63.6 Å². The lowest BCUT2D eigenvalue weighted by Gasteiger charge is -2.31. The fourth-order valence-corrected chi connectivity index (χ4v) is 4.36. The number of anilines is 2. The molecule has 1 amide bonds. The SMILES string of the molecule is COc1ccc(C(=O)NC[C@@H](c2ccc(N(C)C)cc2)N2CCc3ccccc32)cc1OC. The lowest BCUT2D eigenvalue weighted by molar-refractivity contribution is 0.0950. The highest BCUT2D eigenvalue weighted by atomic mass is 16.5. The Morgan fingerprint density at radius 3 is 2.42 bits per heavy atom. The molecule has 1 N–H and O–H groups in total. The number of fused-ring (bicyclic) bond motifs is 1. The number of carbonyl (C=O) groups excluding carboxylic acids is 1. The van der Waals surface area contributed by atoms with Crippen LogP contribution in [-0.2, 0) is 6.42 Å². The molecule has 0 bridgehead atoms. The molecule has 1 atom stereocenters. The van der Waals surface area contributed by atoms with Crippen LogP contribution in [0.5, 0.6) is 11.5 Å². The smallest absolute Gasteiger partial charge is 0.251 e. The van der Waals surface area contributed by atoms with Crippen molar-refractivity contribution >= 4 is 17.3 Å². The van der Waals surface area contributed by atoms with Gasteiger partial charge in [0.15, 0.2) is 11.5 Å². The summed E-state index contributed by atoms with van der Waals surface area (Å²) in [6, 6.07) is 22.3. The highest BCUT2D eigenvalue weighted by molar-refractivity contribution is 5.95. The molecular formula is C27H31N3O3. The molecule has 33 heavy (non-hydrogen) atoms. The quantitative estimate of drug-likeness (QED) is 0.560. The number of para-hydroxylation sites is 1. The van der Waals surface area contributed by atoms with E-state index in [1.165, 1.54) is 16.8 Å². The number of amides is 1. The summed E-state index contributed by atoms with van der Waals surface area (Å²) in [6.45, 7) is 1.41. The number of methoxy groups -OCH3 is 2. The number of benzene rings is 3. The summed E-state index contributed by atoms with van der Waals surface area (Å²) in [5, 5.41) is 3.14. The van der Waals surface area contributed by atoms with Crippen LogP contribution in [0.3, 0.4) is 0 Å². The van der Waals surface area contributed by atoms with Crippen LogP contribution in [-0.4, -0.2) is 47.3 Å². The molecular weight excluding hydrogens is 414 g/mol. The topological polar surface area (TPSA) is 54.0 Å². The van der Waals surface area contributed by atoms with Crippen LogP contribution in [0.1, 0.15) is 27.5 Å². The third-order valence-electron chi connectivity index (χ3n) is 6.20. The lowest BCUT2D eigenvalue weighted by atomic mass is 10.0. The minimum Gasteiger partial charge on any atom is -0.493 e. The van der Waals surface area contributed by atoms with Crippen molar-refractivity contribution in [3.8, 4) is 11.5 Å². The number of hydrogen-bond acceptors (Lipinski definition) is 5. The number of ether oxygens (including phenoxy) is 2. The summed E-state index contributed by atoms with van der Waals surface area (Å²) in [5.74, 6) is 0.995. The molecule has 6 nitrogen and oxygen atoms in total. The molecule has 0 aromatic heterocycles. The summed E-state index contributed by atoms with van der Waals surface area (Å²) in [6.07, 6.45) is 1.01. The van der Waals surface area contributed by atoms with Crippen molar-refractivity contribution in [1.29, 1.82) is 0 Å². The van der Waals surface area contributed by atoms with E-state index in [4.69, 9.17) is 9.47 Å². The van der Waals surface area contributed by atoms with Crippen molar-refractivity contribution in [3.63, 3.8) is 0 Å². The minimum absolute atomic E-state index is 0.0222. The Morgan fingerprint density at radius 1 is 1.00 bits per heavy atom. The maximum Gasteiger partial charge on any atom is 0.251 e. The first-order chi connectivity index (χ1) is 16.0. The third-order valence-corrected chi connectivity index (χ3v) is 6.20. The van der Waals surface area contributed by atoms with Crippen molar-refractivity contribution in [2.45, 2.75) is 12.5 Å². The first-order valence-corrected chi connectivity index (χ1v) is 11.1. The standard InChI is InChI=1S/C27H31N3O3/c1-29(2)22-12-9-20(10-13-22)24(30-16-15-19-7-5-6-8-23(19)30)18-28-27(31)21-11-14-25(32-3)26(17-21)33-4/h5-14,17,24H,15-16,18H2,1-4H3,(H,28,31)/t24-/m0/s1. The molecule has 6 heteroatoms. The maximum absolute atomic E-state index is 13.0. The van der Waals surface area contributed by atoms with Crippen molar-refractivity contribution in [3.05, 3.63) is 83.4 Å². The Bertz CT molecular complexity index is 1110. The van der Waals surface area contributed by atoms with Gasteiger partial charge < -0.3 is 24.6 Å². The van der Waals surface area contributed by atoms with Crippen LogP contribution in [0.4, 0.5) is 11.4 Å². The van der Waals surface area contributed by atoms with E-state index < -0.39 is 0 Å². The van der Waals surface area contributed by atoms with Crippen molar-refractivity contribution in [2.75, 3.05) is 51.2 Å². The van der Waals surface area contributed by atoms with E-state index in [9.17, 15) is 4.79 Å². The van der Waals surface area contributed by atoms with Gasteiger partial charge in [0, 0.05) is 44.1 Å². The fourth-order valence-electron chi connectivity index (χ4n) is 4.36. The van der Waals surface area contributed by atoms with Gasteiger partial charge in [0.25, 0.3) is 5.91 Å². The summed E-state index contributed by atoms with van der Waals surface area (Å²) < 4.78 is 10.6. The molecule has 3 aromatic rings. The Morgan fingerprint density at radius 2 is 1.73 bits per heavy atom. The van der Waals surface area contributed by atoms with E-state index in [1.54, 1.807) is 32.4 Å². The zero-order chi connectivity index (χ0) is 23.4. The molecule has 0 spiro atoms. The van der Waals surface area contributed by atoms with Crippen LogP contribution in [0.15, 0.2) is 66.7 Å². The van der Waals surface area contributed by atoms with E-state index in [0.29, 0.717) is 23.6 Å². The predicted octanol–water partition coefficient (Wildman–Crippen LogP) is 4.30. The van der Waals surface area contributed by atoms with E-state index in [0.717, 1.165) is 18.7 Å². The van der Waals surface area contributed by atoms with Gasteiger partial charge in [-0.1, -0.05) is 30.3 Å². The van der Waals surface area contributed by atoms with Crippen molar-refractivity contribution in [2.24, 2.45) is 0 Å². The molecule has 172 valence electrons. The van der Waals surface area contributed by atoms with Gasteiger partial charge in [-0.3, -0.25) is 4.79 Å². The van der Waals surface area contributed by atoms with Gasteiger partial charge in [0.1, 0.15) is 0 Å². The first-order valence-electron chi connectivity index (χ1n) is 11.1. The third kappa shape index (κ3) is 4.75. The fraction of sp³-hybridized carbons (Fsp3) is 0.296. The molecule has 1 heterocycles. The Labute approximate surface area is 195 Å². The molecule has 0 aliphatic carbocycles. The second-order valence-electron chi connectivity index (χ2n) is 8.35. The lowest BCUT2D eigenvalue weighted by Crippen LogP contribution is -2.37. The maximum atomic E-state index is 13.0. The Balaban J connectivity index is 1.58. The zero-order valence-corrected chi connectivity index (χ0v) is 19.7. The van der Waals surface area contributed by atoms with Gasteiger partial charge in [-0.2, -0.15) is 0 Å². The molecule has 3 aromatic carbocycles. The van der Waals surface area contributed by atoms with Gasteiger partial charge >= 0.3 is 0 Å². The molecule has 0 saturated heterocycles. The Kier molecular flexibility index (Phi) is 6.73. The predicted molar refractivity (Wildman–Crippen MR) is 133 cm³/mol. The monoisotopic (exact) mass is 445 g/mol. The highest BCUT2D eigenvalue weighted by Gasteiger charge is 2.27. The molecule has 1 aliphatic heterocycles. The first kappa shape index (κ1) is 22.5.